The zero-order valence-electron chi connectivity index (χ0n) is 19.9. The molecule has 0 fully saturated rings. The molecule has 36 heavy (non-hydrogen) atoms. The second-order valence-corrected chi connectivity index (χ2v) is 9.30. The molecule has 2 aromatic heterocycles. The van der Waals surface area contributed by atoms with Crippen LogP contribution in [0.2, 0.25) is 0 Å². The molecule has 7 heteroatoms. The van der Waals surface area contributed by atoms with Crippen molar-refractivity contribution in [3.8, 4) is 17.1 Å². The van der Waals surface area contributed by atoms with Crippen LogP contribution in [-0.4, -0.2) is 44.0 Å². The van der Waals surface area contributed by atoms with Crippen LogP contribution in [0.5, 0.6) is 0 Å². The first-order valence-electron chi connectivity index (χ1n) is 12.1. The number of aliphatic hydroxyl groups is 2. The summed E-state index contributed by atoms with van der Waals surface area (Å²) < 4.78 is 16.1. The number of benzene rings is 3. The number of fused-ring (bicyclic) bond motifs is 4. The van der Waals surface area contributed by atoms with Crippen LogP contribution in [0.1, 0.15) is 23.4 Å². The van der Waals surface area contributed by atoms with Gasteiger partial charge in [0.25, 0.3) is 0 Å². The molecule has 0 saturated heterocycles. The number of nitrogens with one attached hydrogen (secondary N) is 2. The van der Waals surface area contributed by atoms with Gasteiger partial charge in [0.1, 0.15) is 11.7 Å². The lowest BCUT2D eigenvalue weighted by molar-refractivity contribution is 0.204. The van der Waals surface area contributed by atoms with Crippen molar-refractivity contribution in [3.63, 3.8) is 0 Å². The van der Waals surface area contributed by atoms with E-state index in [4.69, 9.17) is 4.98 Å². The van der Waals surface area contributed by atoms with Crippen molar-refractivity contribution < 1.29 is 14.6 Å². The summed E-state index contributed by atoms with van der Waals surface area (Å²) in [4.78, 5) is 8.19. The fourth-order valence-electron chi connectivity index (χ4n) is 5.09. The van der Waals surface area contributed by atoms with E-state index in [1.807, 2.05) is 37.3 Å². The molecule has 0 unspecified atom stereocenters. The van der Waals surface area contributed by atoms with Gasteiger partial charge < -0.3 is 25.1 Å². The Morgan fingerprint density at radius 3 is 2.67 bits per heavy atom. The number of aryl methyl sites for hydroxylation is 2. The van der Waals surface area contributed by atoms with Gasteiger partial charge in [-0.3, -0.25) is 0 Å². The average molecular weight is 483 g/mol. The topological polar surface area (TPSA) is 86.1 Å². The molecule has 0 amide bonds. The van der Waals surface area contributed by atoms with Gasteiger partial charge in [0.05, 0.1) is 36.0 Å². The second-order valence-electron chi connectivity index (χ2n) is 9.30. The van der Waals surface area contributed by atoms with Gasteiger partial charge in [0, 0.05) is 39.8 Å². The van der Waals surface area contributed by atoms with E-state index in [-0.39, 0.29) is 19.0 Å². The Bertz CT molecular complexity index is 1630. The van der Waals surface area contributed by atoms with Crippen molar-refractivity contribution in [1.82, 2.24) is 14.5 Å². The summed E-state index contributed by atoms with van der Waals surface area (Å²) in [5, 5.41) is 24.6. The third kappa shape index (κ3) is 3.68. The summed E-state index contributed by atoms with van der Waals surface area (Å²) >= 11 is 0. The summed E-state index contributed by atoms with van der Waals surface area (Å²) in [6, 6.07) is 20.2. The van der Waals surface area contributed by atoms with E-state index in [1.165, 1.54) is 6.08 Å². The molecule has 6 rings (SSSR count). The third-order valence-electron chi connectivity index (χ3n) is 6.95. The number of anilines is 1. The van der Waals surface area contributed by atoms with E-state index < -0.39 is 6.04 Å². The SMILES string of the molecule is Cc1ccc(-n2c3ccccc3c3c(-c4nc5c([nH]4)CCC(F)=C5)cccc32)cc1NC(CO)CO. The van der Waals surface area contributed by atoms with Crippen molar-refractivity contribution in [2.45, 2.75) is 25.8 Å². The minimum Gasteiger partial charge on any atom is -0.394 e. The third-order valence-corrected chi connectivity index (χ3v) is 6.95. The molecule has 1 aliphatic rings. The minimum atomic E-state index is -0.437. The number of aromatic nitrogens is 3. The lowest BCUT2D eigenvalue weighted by Gasteiger charge is -2.18. The van der Waals surface area contributed by atoms with Crippen LogP contribution < -0.4 is 5.32 Å². The van der Waals surface area contributed by atoms with E-state index in [1.54, 1.807) is 0 Å². The highest BCUT2D eigenvalue weighted by atomic mass is 19.1. The molecule has 5 aromatic rings. The summed E-state index contributed by atoms with van der Waals surface area (Å²) in [7, 11) is 0. The zero-order valence-corrected chi connectivity index (χ0v) is 19.9. The standard InChI is InChI=1S/C29H27FN4O2/c1-17-9-11-20(14-24(17)31-19(15-35)16-36)34-26-7-3-2-5-21(26)28-22(6-4-8-27(28)34)29-32-23-12-10-18(30)13-25(23)33-29/h2-9,11,13-14,19,31,35-36H,10,12,15-16H2,1H3,(H,32,33). The van der Waals surface area contributed by atoms with Gasteiger partial charge in [-0.1, -0.05) is 36.4 Å². The lowest BCUT2D eigenvalue weighted by atomic mass is 10.1. The van der Waals surface area contributed by atoms with Gasteiger partial charge >= 0.3 is 0 Å². The number of aromatic amines is 1. The highest BCUT2D eigenvalue weighted by molar-refractivity contribution is 6.15. The number of aliphatic hydroxyl groups excluding tert-OH is 2. The monoisotopic (exact) mass is 482 g/mol. The van der Waals surface area contributed by atoms with Crippen molar-refractivity contribution in [2.24, 2.45) is 0 Å². The smallest absolute Gasteiger partial charge is 0.138 e. The fourth-order valence-corrected chi connectivity index (χ4v) is 5.09. The predicted octanol–water partition coefficient (Wildman–Crippen LogP) is 5.50. The van der Waals surface area contributed by atoms with Gasteiger partial charge in [-0.05, 0) is 49.2 Å². The van der Waals surface area contributed by atoms with Gasteiger partial charge in [-0.15, -0.1) is 0 Å². The molecule has 6 nitrogen and oxygen atoms in total. The Morgan fingerprint density at radius 2 is 1.83 bits per heavy atom. The Kier molecular flexibility index (Phi) is 5.59. The summed E-state index contributed by atoms with van der Waals surface area (Å²) in [5.41, 5.74) is 7.53. The molecule has 0 saturated carbocycles. The molecule has 0 aliphatic heterocycles. The number of hydrogen-bond acceptors (Lipinski definition) is 4. The van der Waals surface area contributed by atoms with Crippen molar-refractivity contribution in [2.75, 3.05) is 18.5 Å². The second kappa shape index (κ2) is 8.93. The maximum absolute atomic E-state index is 13.9. The first-order chi connectivity index (χ1) is 17.6. The maximum atomic E-state index is 13.9. The van der Waals surface area contributed by atoms with E-state index in [2.05, 4.69) is 45.2 Å². The van der Waals surface area contributed by atoms with Gasteiger partial charge in [0.2, 0.25) is 0 Å². The molecule has 0 radical (unpaired) electrons. The molecule has 3 aromatic carbocycles. The van der Waals surface area contributed by atoms with E-state index >= 15 is 0 Å². The Morgan fingerprint density at radius 1 is 1.03 bits per heavy atom. The molecule has 2 heterocycles. The summed E-state index contributed by atoms with van der Waals surface area (Å²) in [5.74, 6) is 0.600. The molecule has 0 spiro atoms. The average Bonchev–Trinajstić information content (AvgIpc) is 3.47. The van der Waals surface area contributed by atoms with E-state index in [0.29, 0.717) is 18.5 Å². The van der Waals surface area contributed by atoms with Crippen LogP contribution in [0.25, 0.3) is 45.0 Å². The highest BCUT2D eigenvalue weighted by Gasteiger charge is 2.21. The minimum absolute atomic E-state index is 0.135. The normalized spacial score (nSPS) is 13.4. The lowest BCUT2D eigenvalue weighted by Crippen LogP contribution is -2.28. The molecular weight excluding hydrogens is 455 g/mol. The predicted molar refractivity (Wildman–Crippen MR) is 142 cm³/mol. The number of rotatable bonds is 6. The molecule has 182 valence electrons. The van der Waals surface area contributed by atoms with Crippen LogP contribution in [0, 0.1) is 6.92 Å². The van der Waals surface area contributed by atoms with Gasteiger partial charge in [-0.2, -0.15) is 0 Å². The largest absolute Gasteiger partial charge is 0.394 e. The van der Waals surface area contributed by atoms with Crippen LogP contribution in [0.15, 0.2) is 66.5 Å². The quantitative estimate of drug-likeness (QED) is 0.257. The van der Waals surface area contributed by atoms with Crippen LogP contribution in [0.4, 0.5) is 10.1 Å². The zero-order chi connectivity index (χ0) is 24.8. The fraction of sp³-hybridized carbons (Fsp3) is 0.207. The summed E-state index contributed by atoms with van der Waals surface area (Å²) in [6.45, 7) is 1.67. The molecule has 0 bridgehead atoms. The van der Waals surface area contributed by atoms with Gasteiger partial charge in [0.15, 0.2) is 0 Å². The van der Waals surface area contributed by atoms with Gasteiger partial charge in [-0.25, -0.2) is 9.37 Å². The number of halogens is 1. The number of allylic oxidation sites excluding steroid dienone is 1. The number of imidazole rings is 1. The number of hydrogen-bond donors (Lipinski definition) is 4. The van der Waals surface area contributed by atoms with Crippen molar-refractivity contribution in [3.05, 3.63) is 83.4 Å². The maximum Gasteiger partial charge on any atom is 0.138 e. The molecule has 1 aliphatic carbocycles. The van der Waals surface area contributed by atoms with Crippen molar-refractivity contribution in [1.29, 1.82) is 0 Å². The number of para-hydroxylation sites is 1. The van der Waals surface area contributed by atoms with Crippen LogP contribution in [-0.2, 0) is 6.42 Å². The molecule has 4 N–H and O–H groups in total. The molecular formula is C29H27FN4O2. The Labute approximate surface area is 207 Å². The first kappa shape index (κ1) is 22.5. The first-order valence-corrected chi connectivity index (χ1v) is 12.1. The van der Waals surface area contributed by atoms with Crippen LogP contribution >= 0.6 is 0 Å². The Hall–Kier alpha value is -3.94. The van der Waals surface area contributed by atoms with E-state index in [0.717, 1.165) is 55.8 Å². The number of H-pyrrole nitrogens is 1. The van der Waals surface area contributed by atoms with Crippen molar-refractivity contribution >= 4 is 33.6 Å². The summed E-state index contributed by atoms with van der Waals surface area (Å²) in [6.07, 6.45) is 2.54. The molecule has 0 atom stereocenters. The van der Waals surface area contributed by atoms with E-state index in [9.17, 15) is 14.6 Å². The Balaban J connectivity index is 1.57. The highest BCUT2D eigenvalue weighted by Crippen LogP contribution is 2.39. The van der Waals surface area contributed by atoms with Crippen LogP contribution in [0.3, 0.4) is 0 Å². The number of nitrogens with zero attached hydrogens (tertiary/aromatic N) is 2.